The number of rotatable bonds is 3. The largest absolute Gasteiger partial charge is 0.449 e. The van der Waals surface area contributed by atoms with Gasteiger partial charge in [-0.3, -0.25) is 16.4 Å². The molecular weight excluding hydrogens is 110 g/mol. The predicted octanol–water partition coefficient (Wildman–Crippen LogP) is -2.09. The number of hydrogen-bond acceptors (Lipinski definition) is 5. The van der Waals surface area contributed by atoms with Gasteiger partial charge < -0.3 is 4.74 Å². The lowest BCUT2D eigenvalue weighted by molar-refractivity contribution is -0.142. The number of nitrogens with one attached hydrogen (secondary N) is 1. The quantitative estimate of drug-likeness (QED) is 0.171. The van der Waals surface area contributed by atoms with Crippen LogP contribution in [0.3, 0.4) is 0 Å². The Balaban J connectivity index is 3.06. The second-order valence-electron chi connectivity index (χ2n) is 1.06. The minimum Gasteiger partial charge on any atom is -0.449 e. The van der Waals surface area contributed by atoms with E-state index in [1.807, 2.05) is 0 Å². The SMILES string of the molecule is NCOC(=O)CNN. The van der Waals surface area contributed by atoms with Crippen LogP contribution in [0, 0.1) is 0 Å². The molecule has 0 spiro atoms. The van der Waals surface area contributed by atoms with Gasteiger partial charge in [-0.1, -0.05) is 0 Å². The highest BCUT2D eigenvalue weighted by Crippen LogP contribution is 1.67. The number of nitrogens with two attached hydrogens (primary N) is 2. The van der Waals surface area contributed by atoms with Gasteiger partial charge in [0.15, 0.2) is 0 Å². The van der Waals surface area contributed by atoms with Crippen molar-refractivity contribution in [2.24, 2.45) is 11.6 Å². The number of esters is 1. The summed E-state index contributed by atoms with van der Waals surface area (Å²) in [6, 6.07) is 0. The molecule has 0 aliphatic heterocycles. The van der Waals surface area contributed by atoms with E-state index in [2.05, 4.69) is 10.2 Å². The third kappa shape index (κ3) is 3.54. The monoisotopic (exact) mass is 119 g/mol. The van der Waals surface area contributed by atoms with E-state index in [1.165, 1.54) is 0 Å². The molecule has 0 heterocycles. The van der Waals surface area contributed by atoms with E-state index in [4.69, 9.17) is 11.6 Å². The van der Waals surface area contributed by atoms with Crippen LogP contribution in [-0.2, 0) is 9.53 Å². The van der Waals surface area contributed by atoms with Crippen molar-refractivity contribution in [1.82, 2.24) is 5.43 Å². The van der Waals surface area contributed by atoms with Crippen molar-refractivity contribution in [3.8, 4) is 0 Å². The predicted molar refractivity (Wildman–Crippen MR) is 27.3 cm³/mol. The summed E-state index contributed by atoms with van der Waals surface area (Å²) in [6.07, 6.45) is 0. The van der Waals surface area contributed by atoms with Crippen LogP contribution in [0.1, 0.15) is 0 Å². The lowest BCUT2D eigenvalue weighted by atomic mass is 10.7. The summed E-state index contributed by atoms with van der Waals surface area (Å²) in [5, 5.41) is 0. The molecule has 0 saturated heterocycles. The van der Waals surface area contributed by atoms with Crippen LogP contribution in [0.2, 0.25) is 0 Å². The second-order valence-corrected chi connectivity index (χ2v) is 1.06. The molecule has 0 saturated carbocycles. The molecule has 0 atom stereocenters. The molecule has 0 bridgehead atoms. The zero-order valence-corrected chi connectivity index (χ0v) is 4.39. The highest BCUT2D eigenvalue weighted by atomic mass is 16.5. The van der Waals surface area contributed by atoms with Crippen LogP contribution in [0.4, 0.5) is 0 Å². The Morgan fingerprint density at radius 1 is 1.75 bits per heavy atom. The Morgan fingerprint density at radius 2 is 2.38 bits per heavy atom. The molecule has 0 unspecified atom stereocenters. The van der Waals surface area contributed by atoms with Gasteiger partial charge in [-0.05, 0) is 0 Å². The molecule has 0 fully saturated rings. The van der Waals surface area contributed by atoms with E-state index < -0.39 is 5.97 Å². The average Bonchev–Trinajstić information content (AvgIpc) is 1.68. The number of hydrazine groups is 1. The van der Waals surface area contributed by atoms with E-state index in [0.717, 1.165) is 0 Å². The van der Waals surface area contributed by atoms with Gasteiger partial charge in [-0.15, -0.1) is 0 Å². The van der Waals surface area contributed by atoms with E-state index >= 15 is 0 Å². The van der Waals surface area contributed by atoms with Crippen molar-refractivity contribution < 1.29 is 9.53 Å². The molecule has 8 heavy (non-hydrogen) atoms. The molecule has 0 aliphatic carbocycles. The first kappa shape index (κ1) is 7.35. The number of hydrogen-bond donors (Lipinski definition) is 3. The topological polar surface area (TPSA) is 90.4 Å². The fourth-order valence-corrected chi connectivity index (χ4v) is 0.227. The molecular formula is C3H9N3O2. The summed E-state index contributed by atoms with van der Waals surface area (Å²) in [5.41, 5.74) is 6.97. The first-order valence-corrected chi connectivity index (χ1v) is 2.10. The molecule has 0 aromatic carbocycles. The number of carbonyl (C=O) groups is 1. The van der Waals surface area contributed by atoms with Crippen LogP contribution in [0.5, 0.6) is 0 Å². The van der Waals surface area contributed by atoms with E-state index in [9.17, 15) is 4.79 Å². The van der Waals surface area contributed by atoms with Crippen molar-refractivity contribution in [2.75, 3.05) is 13.3 Å². The molecule has 5 heteroatoms. The van der Waals surface area contributed by atoms with Crippen LogP contribution in [0.15, 0.2) is 0 Å². The lowest BCUT2D eigenvalue weighted by Gasteiger charge is -1.97. The molecule has 0 aromatic rings. The maximum absolute atomic E-state index is 10.2. The van der Waals surface area contributed by atoms with E-state index in [1.54, 1.807) is 0 Å². The van der Waals surface area contributed by atoms with Crippen LogP contribution >= 0.6 is 0 Å². The highest BCUT2D eigenvalue weighted by molar-refractivity contribution is 5.71. The van der Waals surface area contributed by atoms with Gasteiger partial charge in [0.2, 0.25) is 0 Å². The van der Waals surface area contributed by atoms with Gasteiger partial charge >= 0.3 is 5.97 Å². The van der Waals surface area contributed by atoms with E-state index in [-0.39, 0.29) is 13.3 Å². The maximum Gasteiger partial charge on any atom is 0.322 e. The third-order valence-corrected chi connectivity index (χ3v) is 0.491. The molecule has 5 nitrogen and oxygen atoms in total. The Kier molecular flexibility index (Phi) is 4.14. The van der Waals surface area contributed by atoms with Crippen LogP contribution < -0.4 is 17.0 Å². The van der Waals surface area contributed by atoms with Crippen molar-refractivity contribution in [3.63, 3.8) is 0 Å². The van der Waals surface area contributed by atoms with Crippen molar-refractivity contribution in [1.29, 1.82) is 0 Å². The lowest BCUT2D eigenvalue weighted by Crippen LogP contribution is -2.31. The van der Waals surface area contributed by atoms with Crippen LogP contribution in [-0.4, -0.2) is 19.2 Å². The number of ether oxygens (including phenoxy) is 1. The van der Waals surface area contributed by atoms with Crippen molar-refractivity contribution >= 4 is 5.97 Å². The normalized spacial score (nSPS) is 8.75. The fourth-order valence-electron chi connectivity index (χ4n) is 0.227. The average molecular weight is 119 g/mol. The minimum absolute atomic E-state index is 0.00278. The van der Waals surface area contributed by atoms with E-state index in [0.29, 0.717) is 0 Å². The summed E-state index contributed by atoms with van der Waals surface area (Å²) in [4.78, 5) is 10.2. The Hall–Kier alpha value is -0.650. The molecule has 0 aromatic heterocycles. The van der Waals surface area contributed by atoms with Gasteiger partial charge in [-0.2, -0.15) is 0 Å². The van der Waals surface area contributed by atoms with Crippen LogP contribution in [0.25, 0.3) is 0 Å². The van der Waals surface area contributed by atoms with Gasteiger partial charge in [0.05, 0.1) is 0 Å². The summed E-state index contributed by atoms with van der Waals surface area (Å²) < 4.78 is 4.28. The molecule has 0 amide bonds. The fraction of sp³-hybridized carbons (Fsp3) is 0.667. The molecule has 5 N–H and O–H groups in total. The number of carbonyl (C=O) groups excluding carboxylic acids is 1. The van der Waals surface area contributed by atoms with Gasteiger partial charge in [0.25, 0.3) is 0 Å². The van der Waals surface area contributed by atoms with Gasteiger partial charge in [-0.25, -0.2) is 5.43 Å². The Labute approximate surface area is 46.9 Å². The van der Waals surface area contributed by atoms with Crippen molar-refractivity contribution in [3.05, 3.63) is 0 Å². The first-order valence-electron chi connectivity index (χ1n) is 2.10. The standard InChI is InChI=1S/C3H9N3O2/c4-2-8-3(7)1-6-5/h6H,1-2,4-5H2. The highest BCUT2D eigenvalue weighted by Gasteiger charge is 1.95. The zero-order valence-electron chi connectivity index (χ0n) is 4.39. The van der Waals surface area contributed by atoms with Crippen molar-refractivity contribution in [2.45, 2.75) is 0 Å². The maximum atomic E-state index is 10.2. The Morgan fingerprint density at radius 3 is 2.75 bits per heavy atom. The summed E-state index contributed by atoms with van der Waals surface area (Å²) >= 11 is 0. The Bertz CT molecular complexity index is 66.9. The van der Waals surface area contributed by atoms with Gasteiger partial charge in [0, 0.05) is 0 Å². The molecule has 0 radical (unpaired) electrons. The summed E-state index contributed by atoms with van der Waals surface area (Å²) in [6.45, 7) is -0.0995. The minimum atomic E-state index is -0.449. The zero-order chi connectivity index (χ0) is 6.41. The molecule has 0 rings (SSSR count). The summed E-state index contributed by atoms with van der Waals surface area (Å²) in [5.74, 6) is 4.32. The van der Waals surface area contributed by atoms with Gasteiger partial charge in [0.1, 0.15) is 13.3 Å². The smallest absolute Gasteiger partial charge is 0.322 e. The first-order chi connectivity index (χ1) is 3.81. The molecule has 0 aliphatic rings. The summed E-state index contributed by atoms with van der Waals surface area (Å²) in [7, 11) is 0. The third-order valence-electron chi connectivity index (χ3n) is 0.491. The second kappa shape index (κ2) is 4.51. The molecule has 48 valence electrons.